The van der Waals surface area contributed by atoms with Crippen LogP contribution in [0.15, 0.2) is 30.3 Å². The topological polar surface area (TPSA) is 23.1 Å². The normalized spacial score (nSPS) is 12.2. The smallest absolute Gasteiger partial charge is 0.843 e. The van der Waals surface area contributed by atoms with Gasteiger partial charge in [-0.15, -0.1) is 12.1 Å². The fourth-order valence-electron chi connectivity index (χ4n) is 1.11. The van der Waals surface area contributed by atoms with Crippen LogP contribution in [-0.4, -0.2) is 18.0 Å². The van der Waals surface area contributed by atoms with Gasteiger partial charge in [-0.1, -0.05) is 6.07 Å². The summed E-state index contributed by atoms with van der Waals surface area (Å²) in [7, 11) is 0. The molecule has 0 atom stereocenters. The maximum Gasteiger partial charge on any atom is 1.00 e. The van der Waals surface area contributed by atoms with Crippen molar-refractivity contribution in [3.8, 4) is 0 Å². The fraction of sp³-hybridized carbons (Fsp3) is 0.300. The Hall–Kier alpha value is -0.175. The van der Waals surface area contributed by atoms with Crippen molar-refractivity contribution in [3.05, 3.63) is 42.3 Å². The van der Waals surface area contributed by atoms with Crippen LogP contribution in [0.25, 0.3) is 0 Å². The minimum atomic E-state index is -5.94. The second kappa shape index (κ2) is 7.01. The Bertz CT molecular complexity index is 362. The summed E-state index contributed by atoms with van der Waals surface area (Å²) in [5, 5.41) is 11.0. The molecule has 0 N–H and O–H groups in total. The van der Waals surface area contributed by atoms with Gasteiger partial charge in [0.2, 0.25) is 0 Å². The summed E-state index contributed by atoms with van der Waals surface area (Å²) in [6.07, 6.45) is -12.3. The average molecular weight is 270 g/mol. The monoisotopic (exact) mass is 270 g/mol. The van der Waals surface area contributed by atoms with E-state index in [1.807, 2.05) is 0 Å². The zero-order valence-corrected chi connectivity index (χ0v) is 10.1. The van der Waals surface area contributed by atoms with Crippen molar-refractivity contribution in [3.63, 3.8) is 0 Å². The minimum Gasteiger partial charge on any atom is -0.843 e. The molecule has 0 aliphatic carbocycles. The van der Waals surface area contributed by atoms with Crippen LogP contribution in [0.1, 0.15) is 5.56 Å². The van der Waals surface area contributed by atoms with E-state index in [-0.39, 0.29) is 44.1 Å². The van der Waals surface area contributed by atoms with Crippen LogP contribution in [0.4, 0.5) is 26.3 Å². The molecule has 0 saturated carbocycles. The molecule has 0 unspecified atom stereocenters. The van der Waals surface area contributed by atoms with Crippen molar-refractivity contribution in [1.82, 2.24) is 0 Å². The number of halogens is 6. The molecule has 19 heavy (non-hydrogen) atoms. The molecule has 0 aliphatic rings. The first-order valence-corrected chi connectivity index (χ1v) is 4.33. The largest absolute Gasteiger partial charge is 1.00 e. The summed E-state index contributed by atoms with van der Waals surface area (Å²) < 4.78 is 73.3. The maximum absolute atomic E-state index is 12.2. The SMILES string of the molecule is [Li+].[Li+].[O-]C([CH-]c1ccccc1)(C(F)(F)F)C(F)(F)F. The average Bonchev–Trinajstić information content (AvgIpc) is 2.15. The Morgan fingerprint density at radius 2 is 1.16 bits per heavy atom. The van der Waals surface area contributed by atoms with Crippen molar-refractivity contribution >= 4 is 0 Å². The van der Waals surface area contributed by atoms with Crippen LogP contribution in [0.3, 0.4) is 0 Å². The van der Waals surface area contributed by atoms with Crippen molar-refractivity contribution in [2.24, 2.45) is 0 Å². The van der Waals surface area contributed by atoms with Crippen LogP contribution in [-0.2, 0) is 0 Å². The molecule has 0 radical (unpaired) electrons. The van der Waals surface area contributed by atoms with Crippen LogP contribution < -0.4 is 42.8 Å². The molecule has 0 saturated heterocycles. The third kappa shape index (κ3) is 4.70. The molecule has 1 aromatic carbocycles. The summed E-state index contributed by atoms with van der Waals surface area (Å²) in [6, 6.07) is 5.86. The molecule has 0 spiro atoms. The Balaban J connectivity index is 0. The summed E-state index contributed by atoms with van der Waals surface area (Å²) in [4.78, 5) is 0. The van der Waals surface area contributed by atoms with Gasteiger partial charge in [-0.05, 0) is 0 Å². The van der Waals surface area contributed by atoms with E-state index >= 15 is 0 Å². The molecule has 1 rings (SSSR count). The van der Waals surface area contributed by atoms with Gasteiger partial charge in [-0.3, -0.25) is 0 Å². The van der Waals surface area contributed by atoms with Gasteiger partial charge in [0.15, 0.2) is 0 Å². The predicted molar refractivity (Wildman–Crippen MR) is 44.7 cm³/mol. The molecule has 96 valence electrons. The van der Waals surface area contributed by atoms with Gasteiger partial charge in [0.05, 0.1) is 5.60 Å². The van der Waals surface area contributed by atoms with Crippen molar-refractivity contribution in [2.75, 3.05) is 0 Å². The van der Waals surface area contributed by atoms with Crippen LogP contribution in [0.5, 0.6) is 0 Å². The third-order valence-corrected chi connectivity index (χ3v) is 2.01. The first-order valence-electron chi connectivity index (χ1n) is 4.33. The zero-order valence-electron chi connectivity index (χ0n) is 10.1. The fourth-order valence-corrected chi connectivity index (χ4v) is 1.11. The third-order valence-electron chi connectivity index (χ3n) is 2.01. The van der Waals surface area contributed by atoms with Gasteiger partial charge >= 0.3 is 50.1 Å². The zero-order chi connectivity index (χ0) is 13.3. The summed E-state index contributed by atoms with van der Waals surface area (Å²) in [6.45, 7) is 0. The Morgan fingerprint density at radius 1 is 0.789 bits per heavy atom. The van der Waals surface area contributed by atoms with Gasteiger partial charge in [0.25, 0.3) is 0 Å². The van der Waals surface area contributed by atoms with E-state index in [9.17, 15) is 31.4 Å². The van der Waals surface area contributed by atoms with E-state index in [1.165, 1.54) is 18.2 Å². The number of alkyl halides is 6. The summed E-state index contributed by atoms with van der Waals surface area (Å²) >= 11 is 0. The molecule has 0 fully saturated rings. The number of hydrogen-bond acceptors (Lipinski definition) is 1. The first kappa shape index (κ1) is 21.1. The van der Waals surface area contributed by atoms with E-state index in [0.29, 0.717) is 0 Å². The minimum absolute atomic E-state index is 0. The predicted octanol–water partition coefficient (Wildman–Crippen LogP) is -3.53. The molecule has 1 aromatic rings. The van der Waals surface area contributed by atoms with Crippen LogP contribution in [0, 0.1) is 6.42 Å². The Labute approximate surface area is 129 Å². The molecule has 0 amide bonds. The van der Waals surface area contributed by atoms with Crippen LogP contribution >= 0.6 is 0 Å². The molecular weight excluding hydrogens is 264 g/mol. The van der Waals surface area contributed by atoms with Gasteiger partial charge in [-0.2, -0.15) is 50.5 Å². The molecule has 0 heterocycles. The molecule has 0 aromatic heterocycles. The Morgan fingerprint density at radius 3 is 1.47 bits per heavy atom. The maximum atomic E-state index is 12.2. The van der Waals surface area contributed by atoms with Crippen molar-refractivity contribution in [1.29, 1.82) is 0 Å². The molecule has 0 bridgehead atoms. The van der Waals surface area contributed by atoms with Crippen molar-refractivity contribution < 1.29 is 69.2 Å². The molecule has 0 aliphatic heterocycles. The Kier molecular flexibility index (Phi) is 7.80. The van der Waals surface area contributed by atoms with Gasteiger partial charge in [0.1, 0.15) is 0 Å². The van der Waals surface area contributed by atoms with Gasteiger partial charge < -0.3 is 5.11 Å². The van der Waals surface area contributed by atoms with Gasteiger partial charge in [-0.25, -0.2) is 0 Å². The van der Waals surface area contributed by atoms with E-state index in [4.69, 9.17) is 0 Å². The summed E-state index contributed by atoms with van der Waals surface area (Å²) in [5.74, 6) is 0. The number of benzene rings is 1. The molecular formula is C10H6F6Li2O. The molecule has 9 heteroatoms. The number of rotatable bonds is 2. The standard InChI is InChI=1S/C10H6F6O.2Li/c11-9(12,13)8(17,10(14,15)16)6-7-4-2-1-3-5-7;;/h1-6H;;/q-2;2*+1. The summed E-state index contributed by atoms with van der Waals surface area (Å²) in [5.41, 5.74) is -5.53. The van der Waals surface area contributed by atoms with E-state index in [1.54, 1.807) is 0 Å². The quantitative estimate of drug-likeness (QED) is 0.310. The second-order valence-corrected chi connectivity index (χ2v) is 3.29. The van der Waals surface area contributed by atoms with Crippen molar-refractivity contribution in [2.45, 2.75) is 18.0 Å². The van der Waals surface area contributed by atoms with E-state index in [2.05, 4.69) is 0 Å². The van der Waals surface area contributed by atoms with Gasteiger partial charge in [0, 0.05) is 0 Å². The number of hydrogen-bond donors (Lipinski definition) is 0. The first-order chi connectivity index (χ1) is 7.58. The second-order valence-electron chi connectivity index (χ2n) is 3.29. The van der Waals surface area contributed by atoms with Crippen LogP contribution in [0.2, 0.25) is 0 Å². The van der Waals surface area contributed by atoms with E-state index < -0.39 is 23.5 Å². The van der Waals surface area contributed by atoms with E-state index in [0.717, 1.165) is 12.1 Å². The molecule has 1 nitrogen and oxygen atoms in total.